The van der Waals surface area contributed by atoms with Crippen LogP contribution in [0.25, 0.3) is 0 Å². The third-order valence-electron chi connectivity index (χ3n) is 5.81. The molecule has 1 N–H and O–H groups in total. The monoisotopic (exact) mass is 252 g/mol. The molecule has 2 atom stereocenters. The first kappa shape index (κ1) is 14.3. The molecule has 0 heterocycles. The van der Waals surface area contributed by atoms with Crippen molar-refractivity contribution in [3.05, 3.63) is 0 Å². The van der Waals surface area contributed by atoms with Gasteiger partial charge in [-0.1, -0.05) is 26.7 Å². The van der Waals surface area contributed by atoms with Gasteiger partial charge in [-0.15, -0.1) is 0 Å². The van der Waals surface area contributed by atoms with E-state index in [1.807, 2.05) is 0 Å². The van der Waals surface area contributed by atoms with E-state index in [9.17, 15) is 0 Å². The van der Waals surface area contributed by atoms with Gasteiger partial charge in [0.1, 0.15) is 0 Å². The third kappa shape index (κ3) is 2.75. The quantitative estimate of drug-likeness (QED) is 0.772. The van der Waals surface area contributed by atoms with Crippen molar-refractivity contribution in [2.45, 2.75) is 76.9 Å². The summed E-state index contributed by atoms with van der Waals surface area (Å²) in [6.07, 6.45) is 11.1. The average Bonchev–Trinajstić information content (AvgIpc) is 2.40. The summed E-state index contributed by atoms with van der Waals surface area (Å²) in [4.78, 5) is 2.71. The summed E-state index contributed by atoms with van der Waals surface area (Å²) < 4.78 is 0. The number of nitrogens with zero attached hydrogens (tertiary/aromatic N) is 1. The van der Waals surface area contributed by atoms with Crippen molar-refractivity contribution >= 4 is 0 Å². The topological polar surface area (TPSA) is 15.3 Å². The molecule has 2 aliphatic carbocycles. The molecule has 0 aromatic rings. The number of hydrogen-bond donors (Lipinski definition) is 1. The lowest BCUT2D eigenvalue weighted by Crippen LogP contribution is -2.62. The predicted molar refractivity (Wildman–Crippen MR) is 78.6 cm³/mol. The molecule has 0 radical (unpaired) electrons. The van der Waals surface area contributed by atoms with Gasteiger partial charge in [0.05, 0.1) is 5.66 Å². The van der Waals surface area contributed by atoms with Gasteiger partial charge in [-0.3, -0.25) is 4.90 Å². The van der Waals surface area contributed by atoms with E-state index in [4.69, 9.17) is 0 Å². The normalized spacial score (nSPS) is 42.2. The second-order valence-electron chi connectivity index (χ2n) is 6.90. The Labute approximate surface area is 114 Å². The highest BCUT2D eigenvalue weighted by Gasteiger charge is 2.41. The van der Waals surface area contributed by atoms with Crippen LogP contribution in [0.5, 0.6) is 0 Å². The SMILES string of the molecule is CNC1(N(C)C2CCCCC2C)CCC(C)CC1. The maximum Gasteiger partial charge on any atom is 0.0710 e. The molecule has 0 amide bonds. The summed E-state index contributed by atoms with van der Waals surface area (Å²) in [5, 5.41) is 3.68. The first-order valence-electron chi connectivity index (χ1n) is 8.01. The lowest BCUT2D eigenvalue weighted by Gasteiger charge is -2.51. The van der Waals surface area contributed by atoms with Crippen LogP contribution in [0.15, 0.2) is 0 Å². The van der Waals surface area contributed by atoms with Crippen molar-refractivity contribution in [1.29, 1.82) is 0 Å². The molecular formula is C16H32N2. The van der Waals surface area contributed by atoms with Gasteiger partial charge in [-0.2, -0.15) is 0 Å². The Hall–Kier alpha value is -0.0800. The van der Waals surface area contributed by atoms with Crippen LogP contribution in [0.3, 0.4) is 0 Å². The second kappa shape index (κ2) is 5.92. The van der Waals surface area contributed by atoms with E-state index in [1.165, 1.54) is 51.4 Å². The Kier molecular flexibility index (Phi) is 4.71. The van der Waals surface area contributed by atoms with Gasteiger partial charge in [-0.05, 0) is 64.5 Å². The zero-order valence-electron chi connectivity index (χ0n) is 12.8. The summed E-state index contributed by atoms with van der Waals surface area (Å²) in [5.41, 5.74) is 0.281. The third-order valence-corrected chi connectivity index (χ3v) is 5.81. The van der Waals surface area contributed by atoms with E-state index in [-0.39, 0.29) is 5.66 Å². The number of hydrogen-bond acceptors (Lipinski definition) is 2. The molecule has 18 heavy (non-hydrogen) atoms. The molecule has 2 heteroatoms. The first-order chi connectivity index (χ1) is 8.59. The molecule has 2 rings (SSSR count). The highest BCUT2D eigenvalue weighted by molar-refractivity contribution is 4.94. The minimum Gasteiger partial charge on any atom is -0.302 e. The van der Waals surface area contributed by atoms with Crippen molar-refractivity contribution in [1.82, 2.24) is 10.2 Å². The summed E-state index contributed by atoms with van der Waals surface area (Å²) in [7, 11) is 4.54. The molecule has 0 aromatic heterocycles. The summed E-state index contributed by atoms with van der Waals surface area (Å²) in [5.74, 6) is 1.79. The molecule has 2 saturated carbocycles. The van der Waals surface area contributed by atoms with Crippen LogP contribution in [0.1, 0.15) is 65.2 Å². The maximum atomic E-state index is 3.68. The van der Waals surface area contributed by atoms with E-state index in [1.54, 1.807) is 0 Å². The van der Waals surface area contributed by atoms with E-state index >= 15 is 0 Å². The lowest BCUT2D eigenvalue weighted by molar-refractivity contribution is -0.0236. The van der Waals surface area contributed by atoms with Crippen molar-refractivity contribution in [2.75, 3.05) is 14.1 Å². The Balaban J connectivity index is 2.06. The van der Waals surface area contributed by atoms with Gasteiger partial charge in [0, 0.05) is 6.04 Å². The minimum absolute atomic E-state index is 0.281. The molecule has 0 bridgehead atoms. The number of nitrogens with one attached hydrogen (secondary N) is 1. The predicted octanol–water partition coefficient (Wildman–Crippen LogP) is 3.62. The fraction of sp³-hybridized carbons (Fsp3) is 1.00. The van der Waals surface area contributed by atoms with Gasteiger partial charge in [-0.25, -0.2) is 0 Å². The van der Waals surface area contributed by atoms with Gasteiger partial charge in [0.25, 0.3) is 0 Å². The van der Waals surface area contributed by atoms with Crippen LogP contribution in [0, 0.1) is 11.8 Å². The lowest BCUT2D eigenvalue weighted by atomic mass is 9.78. The zero-order valence-corrected chi connectivity index (χ0v) is 12.8. The van der Waals surface area contributed by atoms with E-state index in [2.05, 4.69) is 38.2 Å². The molecule has 106 valence electrons. The molecule has 0 spiro atoms. The highest BCUT2D eigenvalue weighted by atomic mass is 15.3. The summed E-state index contributed by atoms with van der Waals surface area (Å²) in [6, 6.07) is 0.791. The smallest absolute Gasteiger partial charge is 0.0710 e. The maximum absolute atomic E-state index is 3.68. The van der Waals surface area contributed by atoms with Crippen LogP contribution < -0.4 is 5.32 Å². The Bertz CT molecular complexity index is 256. The van der Waals surface area contributed by atoms with Crippen molar-refractivity contribution in [3.8, 4) is 0 Å². The first-order valence-corrected chi connectivity index (χ1v) is 8.01. The van der Waals surface area contributed by atoms with Crippen molar-refractivity contribution in [3.63, 3.8) is 0 Å². The van der Waals surface area contributed by atoms with Gasteiger partial charge in [0.15, 0.2) is 0 Å². The molecule has 0 saturated heterocycles. The summed E-state index contributed by atoms with van der Waals surface area (Å²) >= 11 is 0. The van der Waals surface area contributed by atoms with Crippen molar-refractivity contribution in [2.24, 2.45) is 11.8 Å². The molecular weight excluding hydrogens is 220 g/mol. The van der Waals surface area contributed by atoms with Crippen LogP contribution >= 0.6 is 0 Å². The van der Waals surface area contributed by atoms with Crippen LogP contribution in [0.4, 0.5) is 0 Å². The highest BCUT2D eigenvalue weighted by Crippen LogP contribution is 2.38. The van der Waals surface area contributed by atoms with Gasteiger partial charge in [0.2, 0.25) is 0 Å². The van der Waals surface area contributed by atoms with E-state index in [0.717, 1.165) is 17.9 Å². The molecule has 0 aromatic carbocycles. The largest absolute Gasteiger partial charge is 0.302 e. The molecule has 2 nitrogen and oxygen atoms in total. The van der Waals surface area contributed by atoms with Crippen LogP contribution in [0.2, 0.25) is 0 Å². The van der Waals surface area contributed by atoms with E-state index in [0.29, 0.717) is 0 Å². The average molecular weight is 252 g/mol. The summed E-state index contributed by atoms with van der Waals surface area (Å²) in [6.45, 7) is 4.86. The van der Waals surface area contributed by atoms with Crippen LogP contribution in [-0.2, 0) is 0 Å². The fourth-order valence-corrected chi connectivity index (χ4v) is 4.21. The Morgan fingerprint density at radius 1 is 1.00 bits per heavy atom. The second-order valence-corrected chi connectivity index (χ2v) is 6.90. The number of rotatable bonds is 3. The van der Waals surface area contributed by atoms with Crippen molar-refractivity contribution < 1.29 is 0 Å². The Morgan fingerprint density at radius 2 is 1.61 bits per heavy atom. The zero-order chi connectivity index (χ0) is 13.2. The van der Waals surface area contributed by atoms with Gasteiger partial charge >= 0.3 is 0 Å². The van der Waals surface area contributed by atoms with Crippen LogP contribution in [-0.4, -0.2) is 30.7 Å². The van der Waals surface area contributed by atoms with E-state index < -0.39 is 0 Å². The fourth-order valence-electron chi connectivity index (χ4n) is 4.21. The molecule has 0 aliphatic heterocycles. The standard InChI is InChI=1S/C16H32N2/c1-13-9-11-16(17-3,12-10-13)18(4)15-8-6-5-7-14(15)2/h13-15,17H,5-12H2,1-4H3. The molecule has 2 unspecified atom stereocenters. The van der Waals surface area contributed by atoms with Gasteiger partial charge < -0.3 is 5.32 Å². The Morgan fingerprint density at radius 3 is 2.17 bits per heavy atom. The molecule has 2 fully saturated rings. The molecule has 2 aliphatic rings. The minimum atomic E-state index is 0.281.